The average molecular weight is 178 g/mol. The lowest BCUT2D eigenvalue weighted by molar-refractivity contribution is 0.342. The molecule has 1 aliphatic heterocycles. The predicted octanol–water partition coefficient (Wildman–Crippen LogP) is 1.88. The second kappa shape index (κ2) is 4.47. The van der Waals surface area contributed by atoms with Crippen LogP contribution >= 0.6 is 0 Å². The number of hydrogen-bond acceptors (Lipinski definition) is 1. The number of aryl methyl sites for hydroxylation is 1. The summed E-state index contributed by atoms with van der Waals surface area (Å²) in [6, 6.07) is 4.19. The van der Waals surface area contributed by atoms with E-state index in [-0.39, 0.29) is 0 Å². The summed E-state index contributed by atoms with van der Waals surface area (Å²) in [4.78, 5) is 0. The van der Waals surface area contributed by atoms with E-state index in [0.717, 1.165) is 5.92 Å². The van der Waals surface area contributed by atoms with E-state index < -0.39 is 0 Å². The van der Waals surface area contributed by atoms with Crippen molar-refractivity contribution in [1.82, 2.24) is 9.88 Å². The Morgan fingerprint density at radius 2 is 2.15 bits per heavy atom. The molecule has 2 heteroatoms. The molecule has 13 heavy (non-hydrogen) atoms. The minimum absolute atomic E-state index is 0.899. The van der Waals surface area contributed by atoms with E-state index >= 15 is 0 Å². The van der Waals surface area contributed by atoms with Crippen LogP contribution in [-0.2, 0) is 6.54 Å². The van der Waals surface area contributed by atoms with Crippen LogP contribution in [0.4, 0.5) is 0 Å². The van der Waals surface area contributed by atoms with Gasteiger partial charge in [-0.3, -0.25) is 0 Å². The molecule has 1 saturated heterocycles. The summed E-state index contributed by atoms with van der Waals surface area (Å²) in [5.41, 5.74) is 0. The molecule has 2 nitrogen and oxygen atoms in total. The molecule has 0 bridgehead atoms. The highest BCUT2D eigenvalue weighted by Crippen LogP contribution is 2.14. The molecule has 2 rings (SSSR count). The zero-order valence-electron chi connectivity index (χ0n) is 8.08. The maximum absolute atomic E-state index is 3.46. The number of aromatic nitrogens is 1. The highest BCUT2D eigenvalue weighted by atomic mass is 14.9. The lowest BCUT2D eigenvalue weighted by Gasteiger charge is -2.22. The highest BCUT2D eigenvalue weighted by Gasteiger charge is 2.11. The summed E-state index contributed by atoms with van der Waals surface area (Å²) in [7, 11) is 0. The van der Waals surface area contributed by atoms with Crippen LogP contribution in [0.2, 0.25) is 0 Å². The number of rotatable bonds is 3. The monoisotopic (exact) mass is 178 g/mol. The van der Waals surface area contributed by atoms with Gasteiger partial charge in [-0.1, -0.05) is 0 Å². The van der Waals surface area contributed by atoms with Crippen LogP contribution in [0.25, 0.3) is 0 Å². The van der Waals surface area contributed by atoms with E-state index in [1.807, 2.05) is 0 Å². The molecule has 1 aromatic heterocycles. The molecular formula is C11H18N2. The van der Waals surface area contributed by atoms with Crippen LogP contribution < -0.4 is 5.32 Å². The molecule has 0 amide bonds. The van der Waals surface area contributed by atoms with Crippen molar-refractivity contribution >= 4 is 0 Å². The van der Waals surface area contributed by atoms with Crippen LogP contribution in [0.1, 0.15) is 19.3 Å². The Kier molecular flexibility index (Phi) is 3.03. The van der Waals surface area contributed by atoms with Crippen molar-refractivity contribution < 1.29 is 0 Å². The Balaban J connectivity index is 1.72. The fourth-order valence-electron chi connectivity index (χ4n) is 2.02. The van der Waals surface area contributed by atoms with Gasteiger partial charge in [0.15, 0.2) is 0 Å². The molecule has 2 heterocycles. The summed E-state index contributed by atoms with van der Waals surface area (Å²) in [5, 5.41) is 3.46. The lowest BCUT2D eigenvalue weighted by Crippen LogP contribution is -2.30. The first-order chi connectivity index (χ1) is 6.45. The van der Waals surface area contributed by atoms with E-state index in [4.69, 9.17) is 0 Å². The number of piperidine rings is 1. The summed E-state index contributed by atoms with van der Waals surface area (Å²) in [5.74, 6) is 0.899. The van der Waals surface area contributed by atoms with Gasteiger partial charge in [-0.05, 0) is 50.4 Å². The number of nitrogens with zero attached hydrogens (tertiary/aromatic N) is 1. The Labute approximate surface area is 79.9 Å². The first kappa shape index (κ1) is 8.82. The van der Waals surface area contributed by atoms with Crippen LogP contribution in [0.3, 0.4) is 0 Å². The third kappa shape index (κ3) is 2.59. The van der Waals surface area contributed by atoms with Gasteiger partial charge in [0, 0.05) is 18.9 Å². The maximum atomic E-state index is 3.46. The van der Waals surface area contributed by atoms with E-state index in [1.54, 1.807) is 0 Å². The summed E-state index contributed by atoms with van der Waals surface area (Å²) < 4.78 is 2.27. The number of hydrogen-bond donors (Lipinski definition) is 1. The highest BCUT2D eigenvalue weighted by molar-refractivity contribution is 4.90. The van der Waals surface area contributed by atoms with Gasteiger partial charge in [0.2, 0.25) is 0 Å². The van der Waals surface area contributed by atoms with Gasteiger partial charge in [-0.2, -0.15) is 0 Å². The van der Waals surface area contributed by atoms with E-state index in [0.29, 0.717) is 0 Å². The van der Waals surface area contributed by atoms with Crippen LogP contribution in [0.5, 0.6) is 0 Å². The van der Waals surface area contributed by atoms with Crippen molar-refractivity contribution in [3.63, 3.8) is 0 Å². The molecule has 1 unspecified atom stereocenters. The first-order valence-electron chi connectivity index (χ1n) is 5.26. The average Bonchev–Trinajstić information content (AvgIpc) is 2.69. The quantitative estimate of drug-likeness (QED) is 0.747. The van der Waals surface area contributed by atoms with Crippen molar-refractivity contribution in [1.29, 1.82) is 0 Å². The third-order valence-corrected chi connectivity index (χ3v) is 2.86. The largest absolute Gasteiger partial charge is 0.354 e. The van der Waals surface area contributed by atoms with Gasteiger partial charge in [0.25, 0.3) is 0 Å². The second-order valence-electron chi connectivity index (χ2n) is 3.92. The zero-order valence-corrected chi connectivity index (χ0v) is 8.08. The summed E-state index contributed by atoms with van der Waals surface area (Å²) in [6.07, 6.45) is 8.39. The maximum Gasteiger partial charge on any atom is 0.0222 e. The Morgan fingerprint density at radius 1 is 1.31 bits per heavy atom. The normalized spacial score (nSPS) is 23.2. The minimum atomic E-state index is 0.899. The molecule has 0 saturated carbocycles. The summed E-state index contributed by atoms with van der Waals surface area (Å²) >= 11 is 0. The van der Waals surface area contributed by atoms with Gasteiger partial charge in [0.1, 0.15) is 0 Å². The van der Waals surface area contributed by atoms with Crippen molar-refractivity contribution in [2.24, 2.45) is 5.92 Å². The smallest absolute Gasteiger partial charge is 0.0222 e. The van der Waals surface area contributed by atoms with Crippen molar-refractivity contribution in [2.75, 3.05) is 13.1 Å². The minimum Gasteiger partial charge on any atom is -0.354 e. The van der Waals surface area contributed by atoms with Gasteiger partial charge in [0.05, 0.1) is 0 Å². The predicted molar refractivity (Wildman–Crippen MR) is 54.6 cm³/mol. The van der Waals surface area contributed by atoms with Crippen LogP contribution in [0.15, 0.2) is 24.5 Å². The van der Waals surface area contributed by atoms with E-state index in [9.17, 15) is 0 Å². The molecule has 1 N–H and O–H groups in total. The Morgan fingerprint density at radius 3 is 2.85 bits per heavy atom. The molecule has 1 aliphatic rings. The fraction of sp³-hybridized carbons (Fsp3) is 0.636. The van der Waals surface area contributed by atoms with Crippen molar-refractivity contribution in [3.8, 4) is 0 Å². The lowest BCUT2D eigenvalue weighted by atomic mass is 9.96. The molecule has 0 aromatic carbocycles. The first-order valence-corrected chi connectivity index (χ1v) is 5.26. The molecular weight excluding hydrogens is 160 g/mol. The van der Waals surface area contributed by atoms with Crippen molar-refractivity contribution in [3.05, 3.63) is 24.5 Å². The SMILES string of the molecule is c1ccn(CCC2CCCNC2)c1. The van der Waals surface area contributed by atoms with Crippen LogP contribution in [-0.4, -0.2) is 17.7 Å². The molecule has 0 radical (unpaired) electrons. The van der Waals surface area contributed by atoms with Gasteiger partial charge >= 0.3 is 0 Å². The second-order valence-corrected chi connectivity index (χ2v) is 3.92. The van der Waals surface area contributed by atoms with E-state index in [2.05, 4.69) is 34.4 Å². The van der Waals surface area contributed by atoms with E-state index in [1.165, 1.54) is 38.9 Å². The molecule has 0 spiro atoms. The topological polar surface area (TPSA) is 17.0 Å². The Hall–Kier alpha value is -0.760. The summed E-state index contributed by atoms with van der Waals surface area (Å²) in [6.45, 7) is 3.63. The Bertz CT molecular complexity index is 222. The molecule has 1 fully saturated rings. The van der Waals surface area contributed by atoms with Crippen LogP contribution in [0, 0.1) is 5.92 Å². The molecule has 0 aliphatic carbocycles. The van der Waals surface area contributed by atoms with Gasteiger partial charge in [-0.25, -0.2) is 0 Å². The zero-order chi connectivity index (χ0) is 8.93. The van der Waals surface area contributed by atoms with Gasteiger partial charge in [-0.15, -0.1) is 0 Å². The molecule has 1 aromatic rings. The van der Waals surface area contributed by atoms with Crippen molar-refractivity contribution in [2.45, 2.75) is 25.8 Å². The fourth-order valence-corrected chi connectivity index (χ4v) is 2.02. The standard InChI is InChI=1S/C11H18N2/c1-2-8-13(7-1)9-5-11-4-3-6-12-10-11/h1-2,7-8,11-12H,3-6,9-10H2. The molecule has 72 valence electrons. The molecule has 1 atom stereocenters. The number of nitrogens with one attached hydrogen (secondary N) is 1. The third-order valence-electron chi connectivity index (χ3n) is 2.86. The van der Waals surface area contributed by atoms with Gasteiger partial charge < -0.3 is 9.88 Å².